The Morgan fingerprint density at radius 2 is 1.96 bits per heavy atom. The van der Waals surface area contributed by atoms with Crippen molar-refractivity contribution in [2.45, 2.75) is 19.8 Å². The number of ether oxygens (including phenoxy) is 2. The predicted octanol–water partition coefficient (Wildman–Crippen LogP) is 4.58. The molecule has 4 rings (SSSR count). The van der Waals surface area contributed by atoms with E-state index in [1.807, 2.05) is 12.1 Å². The minimum Gasteiger partial charge on any atom is -0.452 e. The van der Waals surface area contributed by atoms with Crippen LogP contribution in [0.4, 0.5) is 0 Å². The maximum atomic E-state index is 12.6. The van der Waals surface area contributed by atoms with Gasteiger partial charge in [-0.1, -0.05) is 23.7 Å². The molecule has 5 heteroatoms. The van der Waals surface area contributed by atoms with Crippen molar-refractivity contribution in [2.24, 2.45) is 5.92 Å². The zero-order valence-corrected chi connectivity index (χ0v) is 14.3. The molecular weight excluding hydrogens is 340 g/mol. The third-order valence-electron chi connectivity index (χ3n) is 4.24. The first-order chi connectivity index (χ1) is 12.0. The minimum absolute atomic E-state index is 0.0106. The molecule has 0 N–H and O–H groups in total. The van der Waals surface area contributed by atoms with E-state index in [0.717, 1.165) is 24.0 Å². The van der Waals surface area contributed by atoms with Crippen LogP contribution in [0.25, 0.3) is 6.08 Å². The number of Topliss-reactive ketones (excluding diaryl/α,β-unsaturated/α-hetero) is 1. The first kappa shape index (κ1) is 15.9. The Labute approximate surface area is 150 Å². The average molecular weight is 355 g/mol. The lowest BCUT2D eigenvalue weighted by atomic mass is 10.0. The van der Waals surface area contributed by atoms with Gasteiger partial charge in [-0.3, -0.25) is 9.59 Å². The van der Waals surface area contributed by atoms with Crippen molar-refractivity contribution in [3.63, 3.8) is 0 Å². The molecule has 0 unspecified atom stereocenters. The van der Waals surface area contributed by atoms with E-state index in [1.54, 1.807) is 37.3 Å². The summed E-state index contributed by atoms with van der Waals surface area (Å²) >= 11 is 5.88. The first-order valence-electron chi connectivity index (χ1n) is 8.07. The maximum Gasteiger partial charge on any atom is 0.314 e. The fourth-order valence-corrected chi connectivity index (χ4v) is 2.89. The Balaban J connectivity index is 1.62. The van der Waals surface area contributed by atoms with E-state index in [1.165, 1.54) is 0 Å². The van der Waals surface area contributed by atoms with Crippen molar-refractivity contribution in [3.8, 4) is 11.5 Å². The molecule has 1 fully saturated rings. The first-order valence-corrected chi connectivity index (χ1v) is 8.45. The fourth-order valence-electron chi connectivity index (χ4n) is 2.77. The molecule has 0 aromatic heterocycles. The number of halogens is 1. The Kier molecular flexibility index (Phi) is 3.85. The highest BCUT2D eigenvalue weighted by atomic mass is 35.5. The lowest BCUT2D eigenvalue weighted by molar-refractivity contribution is -0.135. The number of hydrogen-bond acceptors (Lipinski definition) is 4. The number of hydrogen-bond donors (Lipinski definition) is 0. The van der Waals surface area contributed by atoms with Gasteiger partial charge in [0.2, 0.25) is 5.78 Å². The molecule has 0 atom stereocenters. The van der Waals surface area contributed by atoms with Crippen molar-refractivity contribution in [3.05, 3.63) is 63.9 Å². The second kappa shape index (κ2) is 6.05. The zero-order chi connectivity index (χ0) is 17.6. The average Bonchev–Trinajstić information content (AvgIpc) is 3.36. The van der Waals surface area contributed by atoms with Crippen LogP contribution in [0.15, 0.2) is 42.2 Å². The normalized spacial score (nSPS) is 17.4. The summed E-state index contributed by atoms with van der Waals surface area (Å²) in [5, 5.41) is 0.627. The van der Waals surface area contributed by atoms with Crippen molar-refractivity contribution in [1.82, 2.24) is 0 Å². The third-order valence-corrected chi connectivity index (χ3v) is 4.49. The molecular formula is C20H15ClO4. The molecule has 126 valence electrons. The van der Waals surface area contributed by atoms with Gasteiger partial charge in [-0.2, -0.15) is 0 Å². The molecule has 2 aromatic carbocycles. The number of carbonyl (C=O) groups excluding carboxylic acids is 2. The Morgan fingerprint density at radius 3 is 2.64 bits per heavy atom. The minimum atomic E-state index is -0.222. The third kappa shape index (κ3) is 3.17. The van der Waals surface area contributed by atoms with Crippen LogP contribution < -0.4 is 9.47 Å². The molecule has 25 heavy (non-hydrogen) atoms. The zero-order valence-electron chi connectivity index (χ0n) is 13.5. The number of carbonyl (C=O) groups is 2. The molecule has 0 bridgehead atoms. The summed E-state index contributed by atoms with van der Waals surface area (Å²) in [6.07, 6.45) is 3.44. The fraction of sp³-hybridized carbons (Fsp3) is 0.200. The lowest BCUT2D eigenvalue weighted by Crippen LogP contribution is -2.10. The Bertz CT molecular complexity index is 908. The second-order valence-corrected chi connectivity index (χ2v) is 6.74. The topological polar surface area (TPSA) is 52.6 Å². The van der Waals surface area contributed by atoms with Crippen LogP contribution in [-0.2, 0) is 4.79 Å². The van der Waals surface area contributed by atoms with Crippen LogP contribution in [0.1, 0.15) is 34.3 Å². The molecule has 1 aliphatic heterocycles. The number of aryl methyl sites for hydroxylation is 1. The molecule has 0 amide bonds. The highest BCUT2D eigenvalue weighted by molar-refractivity contribution is 6.30. The number of fused-ring (bicyclic) bond motifs is 1. The monoisotopic (exact) mass is 354 g/mol. The van der Waals surface area contributed by atoms with Crippen molar-refractivity contribution >= 4 is 29.4 Å². The van der Waals surface area contributed by atoms with Crippen molar-refractivity contribution in [2.75, 3.05) is 0 Å². The smallest absolute Gasteiger partial charge is 0.314 e. The number of esters is 1. The highest BCUT2D eigenvalue weighted by Crippen LogP contribution is 2.38. The summed E-state index contributed by atoms with van der Waals surface area (Å²) in [6.45, 7) is 1.81. The van der Waals surface area contributed by atoms with Gasteiger partial charge in [-0.05, 0) is 55.2 Å². The van der Waals surface area contributed by atoms with Gasteiger partial charge >= 0.3 is 5.97 Å². The lowest BCUT2D eigenvalue weighted by Gasteiger charge is -2.07. The maximum absolute atomic E-state index is 12.6. The van der Waals surface area contributed by atoms with Gasteiger partial charge in [-0.25, -0.2) is 0 Å². The summed E-state index contributed by atoms with van der Waals surface area (Å²) in [5.74, 6) is 0.684. The second-order valence-electron chi connectivity index (χ2n) is 6.30. The molecule has 1 heterocycles. The van der Waals surface area contributed by atoms with E-state index in [-0.39, 0.29) is 23.4 Å². The van der Waals surface area contributed by atoms with E-state index in [9.17, 15) is 9.59 Å². The van der Waals surface area contributed by atoms with E-state index in [0.29, 0.717) is 22.1 Å². The van der Waals surface area contributed by atoms with Gasteiger partial charge in [0.15, 0.2) is 5.76 Å². The SMILES string of the molecule is Cc1cc(OC(=O)C2CC2)cc2c1C(=O)/C(=C/c1ccc(Cl)cc1)O2. The summed E-state index contributed by atoms with van der Waals surface area (Å²) in [4.78, 5) is 24.4. The summed E-state index contributed by atoms with van der Waals surface area (Å²) in [5.41, 5.74) is 2.05. The van der Waals surface area contributed by atoms with Crippen LogP contribution in [-0.4, -0.2) is 11.8 Å². The molecule has 1 aliphatic carbocycles. The molecule has 1 saturated carbocycles. The summed E-state index contributed by atoms with van der Waals surface area (Å²) < 4.78 is 11.1. The van der Waals surface area contributed by atoms with E-state index < -0.39 is 0 Å². The molecule has 2 aliphatic rings. The number of ketones is 1. The predicted molar refractivity (Wildman–Crippen MR) is 93.9 cm³/mol. The summed E-state index contributed by atoms with van der Waals surface area (Å²) in [6, 6.07) is 10.4. The van der Waals surface area contributed by atoms with Crippen LogP contribution in [0.5, 0.6) is 11.5 Å². The molecule has 4 nitrogen and oxygen atoms in total. The quantitative estimate of drug-likeness (QED) is 0.460. The van der Waals surface area contributed by atoms with E-state index in [4.69, 9.17) is 21.1 Å². The van der Waals surface area contributed by atoms with Gasteiger partial charge < -0.3 is 9.47 Å². The number of rotatable bonds is 3. The van der Waals surface area contributed by atoms with Crippen molar-refractivity contribution in [1.29, 1.82) is 0 Å². The van der Waals surface area contributed by atoms with Crippen LogP contribution in [0, 0.1) is 12.8 Å². The van der Waals surface area contributed by atoms with Crippen LogP contribution in [0.2, 0.25) is 5.02 Å². The van der Waals surface area contributed by atoms with Crippen LogP contribution in [0.3, 0.4) is 0 Å². The Morgan fingerprint density at radius 1 is 1.24 bits per heavy atom. The van der Waals surface area contributed by atoms with Gasteiger partial charge in [0.05, 0.1) is 11.5 Å². The van der Waals surface area contributed by atoms with Gasteiger partial charge in [0.1, 0.15) is 11.5 Å². The molecule has 2 aromatic rings. The Hall–Kier alpha value is -2.59. The van der Waals surface area contributed by atoms with Gasteiger partial charge in [-0.15, -0.1) is 0 Å². The highest BCUT2D eigenvalue weighted by Gasteiger charge is 2.33. The number of allylic oxidation sites excluding steroid dienone is 1. The number of benzene rings is 2. The summed E-state index contributed by atoms with van der Waals surface area (Å²) in [7, 11) is 0. The van der Waals surface area contributed by atoms with Crippen molar-refractivity contribution < 1.29 is 19.1 Å². The van der Waals surface area contributed by atoms with Crippen LogP contribution >= 0.6 is 11.6 Å². The van der Waals surface area contributed by atoms with E-state index >= 15 is 0 Å². The largest absolute Gasteiger partial charge is 0.452 e. The van der Waals surface area contributed by atoms with E-state index in [2.05, 4.69) is 0 Å². The molecule has 0 radical (unpaired) electrons. The molecule has 0 spiro atoms. The molecule has 0 saturated heterocycles. The van der Waals surface area contributed by atoms with Gasteiger partial charge in [0.25, 0.3) is 0 Å². The standard InChI is InChI=1S/C20H15ClO4/c1-11-8-15(24-20(23)13-4-5-13)10-16-18(11)19(22)17(25-16)9-12-2-6-14(21)7-3-12/h2-3,6-10,13H,4-5H2,1H3/b17-9-. The van der Waals surface area contributed by atoms with Gasteiger partial charge in [0, 0.05) is 11.1 Å².